The van der Waals surface area contributed by atoms with E-state index in [9.17, 15) is 39.0 Å². The minimum absolute atomic E-state index is 0.148. The number of fused-ring (bicyclic) bond motifs is 1. The van der Waals surface area contributed by atoms with Crippen LogP contribution in [0.25, 0.3) is 0 Å². The quantitative estimate of drug-likeness (QED) is 0.280. The van der Waals surface area contributed by atoms with Crippen LogP contribution in [-0.4, -0.2) is 131 Å². The lowest BCUT2D eigenvalue weighted by molar-refractivity contribution is -0.165. The normalized spacial score (nSPS) is 28.8. The lowest BCUT2D eigenvalue weighted by Gasteiger charge is -2.39. The zero-order chi connectivity index (χ0) is 33.3. The highest BCUT2D eigenvalue weighted by Gasteiger charge is 2.42. The molecule has 14 heteroatoms. The highest BCUT2D eigenvalue weighted by atomic mass is 16.5. The summed E-state index contributed by atoms with van der Waals surface area (Å²) in [5.74, 6) is -4.20. The molecule has 2 rings (SSSR count). The Bertz CT molecular complexity index is 1050. The molecule has 0 aliphatic carbocycles. The molecule has 14 nitrogen and oxygen atoms in total. The number of likely N-dealkylation sites (N-methyl/N-ethyl adjacent to an activating group) is 2. The first kappa shape index (κ1) is 36.9. The highest BCUT2D eigenvalue weighted by Crippen LogP contribution is 2.23. The predicted molar refractivity (Wildman–Crippen MR) is 160 cm³/mol. The van der Waals surface area contributed by atoms with Crippen molar-refractivity contribution in [3.8, 4) is 0 Å². The van der Waals surface area contributed by atoms with E-state index in [0.29, 0.717) is 25.7 Å². The molecule has 250 valence electrons. The van der Waals surface area contributed by atoms with Gasteiger partial charge in [0, 0.05) is 33.6 Å². The third-order valence-electron chi connectivity index (χ3n) is 8.70. The second-order valence-electron chi connectivity index (χ2n) is 12.3. The Balaban J connectivity index is 2.57. The first-order chi connectivity index (χ1) is 20.7. The van der Waals surface area contributed by atoms with Gasteiger partial charge in [-0.3, -0.25) is 28.8 Å². The Hall–Kier alpha value is -3.26. The van der Waals surface area contributed by atoms with Gasteiger partial charge in [0.25, 0.3) is 5.91 Å². The fourth-order valence-electron chi connectivity index (χ4n) is 5.59. The van der Waals surface area contributed by atoms with Gasteiger partial charge in [0.15, 0.2) is 6.10 Å². The molecule has 7 unspecified atom stereocenters. The van der Waals surface area contributed by atoms with Gasteiger partial charge < -0.3 is 40.3 Å². The molecule has 0 saturated carbocycles. The number of ether oxygens (including phenoxy) is 1. The van der Waals surface area contributed by atoms with Crippen LogP contribution >= 0.6 is 0 Å². The lowest BCUT2D eigenvalue weighted by Crippen LogP contribution is -2.62. The van der Waals surface area contributed by atoms with Crippen molar-refractivity contribution in [1.82, 2.24) is 25.3 Å². The molecule has 0 bridgehead atoms. The van der Waals surface area contributed by atoms with Gasteiger partial charge in [0.1, 0.15) is 24.2 Å². The first-order valence-corrected chi connectivity index (χ1v) is 15.6. The van der Waals surface area contributed by atoms with Gasteiger partial charge in [-0.05, 0) is 38.0 Å². The standard InChI is InChI=1S/C30H51N5O9/c1-8-18(4)24-29(42)34(7)25(17(2)3)30(43)33(6)19(5)26(39)31-13-12-23(38)44-22(15-20(37)16-36)28(41)35-14-10-9-11-21(35)27(40)32-24/h17-22,24-25,36-37H,8-16H2,1-7H3,(H,31,39)(H,32,40). The molecule has 0 radical (unpaired) electrons. The summed E-state index contributed by atoms with van der Waals surface area (Å²) in [6.45, 7) is 8.16. The summed E-state index contributed by atoms with van der Waals surface area (Å²) in [7, 11) is 2.97. The minimum Gasteiger partial charge on any atom is -0.452 e. The SMILES string of the molecule is CCC(C)C1NC(=O)C2CCCCN2C(=O)C(CC(O)CO)OC(=O)CCNC(=O)C(C)N(C)C(=O)C(C(C)C)N(C)C1=O. The van der Waals surface area contributed by atoms with E-state index in [1.54, 1.807) is 13.8 Å². The minimum atomic E-state index is -1.48. The van der Waals surface area contributed by atoms with Crippen LogP contribution < -0.4 is 10.6 Å². The first-order valence-electron chi connectivity index (χ1n) is 15.6. The van der Waals surface area contributed by atoms with Gasteiger partial charge >= 0.3 is 5.97 Å². The van der Waals surface area contributed by atoms with Crippen LogP contribution in [0.3, 0.4) is 0 Å². The van der Waals surface area contributed by atoms with Crippen LogP contribution in [0.15, 0.2) is 0 Å². The topological polar surface area (TPSA) is 186 Å². The van der Waals surface area contributed by atoms with Crippen LogP contribution in [0.2, 0.25) is 0 Å². The van der Waals surface area contributed by atoms with E-state index in [1.165, 1.54) is 35.7 Å². The van der Waals surface area contributed by atoms with Crippen molar-refractivity contribution in [2.75, 3.05) is 33.8 Å². The summed E-state index contributed by atoms with van der Waals surface area (Å²) < 4.78 is 5.42. The van der Waals surface area contributed by atoms with Crippen molar-refractivity contribution in [2.45, 2.75) is 110 Å². The van der Waals surface area contributed by atoms with Crippen molar-refractivity contribution in [3.63, 3.8) is 0 Å². The molecule has 2 aliphatic rings. The Labute approximate surface area is 259 Å². The number of aliphatic hydroxyl groups excluding tert-OH is 2. The van der Waals surface area contributed by atoms with E-state index in [2.05, 4.69) is 10.6 Å². The number of piperidine rings is 1. The number of carbonyl (C=O) groups is 6. The molecule has 2 fully saturated rings. The molecule has 44 heavy (non-hydrogen) atoms. The Morgan fingerprint density at radius 3 is 2.20 bits per heavy atom. The van der Waals surface area contributed by atoms with Gasteiger partial charge in [0.05, 0.1) is 19.1 Å². The zero-order valence-corrected chi connectivity index (χ0v) is 27.1. The fraction of sp³-hybridized carbons (Fsp3) is 0.800. The monoisotopic (exact) mass is 625 g/mol. The molecule has 0 aromatic heterocycles. The number of nitrogens with zero attached hydrogens (tertiary/aromatic N) is 3. The highest BCUT2D eigenvalue weighted by molar-refractivity contribution is 5.96. The summed E-state index contributed by atoms with van der Waals surface area (Å²) in [5, 5.41) is 25.0. The molecular weight excluding hydrogens is 574 g/mol. The van der Waals surface area contributed by atoms with E-state index >= 15 is 0 Å². The van der Waals surface area contributed by atoms with Crippen LogP contribution in [0.1, 0.15) is 73.1 Å². The van der Waals surface area contributed by atoms with Gasteiger partial charge in [0.2, 0.25) is 23.6 Å². The van der Waals surface area contributed by atoms with Crippen LogP contribution in [-0.2, 0) is 33.5 Å². The molecular formula is C30H51N5O9. The number of nitrogens with one attached hydrogen (secondary N) is 2. The summed E-state index contributed by atoms with van der Waals surface area (Å²) in [6, 6.07) is -3.86. The number of carbonyl (C=O) groups excluding carboxylic acids is 6. The zero-order valence-electron chi connectivity index (χ0n) is 27.1. The average Bonchev–Trinajstić information content (AvgIpc) is 3.00. The van der Waals surface area contributed by atoms with Crippen molar-refractivity contribution in [2.24, 2.45) is 11.8 Å². The van der Waals surface area contributed by atoms with E-state index < -0.39 is 84.9 Å². The second kappa shape index (κ2) is 16.7. The van der Waals surface area contributed by atoms with Crippen molar-refractivity contribution in [3.05, 3.63) is 0 Å². The van der Waals surface area contributed by atoms with Crippen molar-refractivity contribution >= 4 is 35.5 Å². The number of esters is 1. The molecule has 7 atom stereocenters. The number of hydrogen-bond donors (Lipinski definition) is 4. The predicted octanol–water partition coefficient (Wildman–Crippen LogP) is -0.597. The maximum absolute atomic E-state index is 14.0. The van der Waals surface area contributed by atoms with E-state index in [0.717, 1.165) is 0 Å². The summed E-state index contributed by atoms with van der Waals surface area (Å²) >= 11 is 0. The molecule has 5 amide bonds. The van der Waals surface area contributed by atoms with Crippen LogP contribution in [0.5, 0.6) is 0 Å². The van der Waals surface area contributed by atoms with Gasteiger partial charge in [-0.2, -0.15) is 0 Å². The molecule has 2 aliphatic heterocycles. The largest absolute Gasteiger partial charge is 0.452 e. The van der Waals surface area contributed by atoms with Crippen LogP contribution in [0.4, 0.5) is 0 Å². The van der Waals surface area contributed by atoms with E-state index in [1.807, 2.05) is 13.8 Å². The third kappa shape index (κ3) is 9.13. The average molecular weight is 626 g/mol. The fourth-order valence-corrected chi connectivity index (χ4v) is 5.59. The maximum Gasteiger partial charge on any atom is 0.308 e. The number of rotatable bonds is 6. The summed E-state index contributed by atoms with van der Waals surface area (Å²) in [6.07, 6.45) is -1.47. The van der Waals surface area contributed by atoms with E-state index in [-0.39, 0.29) is 31.3 Å². The third-order valence-corrected chi connectivity index (χ3v) is 8.70. The Morgan fingerprint density at radius 2 is 1.61 bits per heavy atom. The van der Waals surface area contributed by atoms with E-state index in [4.69, 9.17) is 4.74 Å². The van der Waals surface area contributed by atoms with Crippen molar-refractivity contribution < 1.29 is 43.7 Å². The molecule has 0 aromatic rings. The lowest BCUT2D eigenvalue weighted by atomic mass is 9.93. The summed E-state index contributed by atoms with van der Waals surface area (Å²) in [4.78, 5) is 84.7. The molecule has 4 N–H and O–H groups in total. The van der Waals surface area contributed by atoms with Gasteiger partial charge in [-0.1, -0.05) is 34.1 Å². The molecule has 2 heterocycles. The van der Waals surface area contributed by atoms with Crippen molar-refractivity contribution in [1.29, 1.82) is 0 Å². The molecule has 2 saturated heterocycles. The molecule has 0 aromatic carbocycles. The number of amides is 5. The van der Waals surface area contributed by atoms with Crippen LogP contribution in [0, 0.1) is 11.8 Å². The Morgan fingerprint density at radius 1 is 0.955 bits per heavy atom. The number of hydrogen-bond acceptors (Lipinski definition) is 9. The molecule has 0 spiro atoms. The number of aliphatic hydroxyl groups is 2. The van der Waals surface area contributed by atoms with Gasteiger partial charge in [-0.25, -0.2) is 0 Å². The maximum atomic E-state index is 14.0. The Kier molecular flexibility index (Phi) is 14.0. The number of cyclic esters (lactones) is 1. The van der Waals surface area contributed by atoms with Gasteiger partial charge in [-0.15, -0.1) is 0 Å². The smallest absolute Gasteiger partial charge is 0.308 e. The summed E-state index contributed by atoms with van der Waals surface area (Å²) in [5.41, 5.74) is 0. The second-order valence-corrected chi connectivity index (χ2v) is 12.3.